The zero-order valence-corrected chi connectivity index (χ0v) is 12.9. The highest BCUT2D eigenvalue weighted by Crippen LogP contribution is 2.08. The Bertz CT molecular complexity index is 329. The molecule has 0 spiro atoms. The van der Waals surface area contributed by atoms with Crippen LogP contribution in [0.4, 0.5) is 0 Å². The summed E-state index contributed by atoms with van der Waals surface area (Å²) in [6, 6.07) is 4.03. The number of nitrogens with zero attached hydrogens (tertiary/aromatic N) is 2. The molecule has 1 aromatic heterocycles. The van der Waals surface area contributed by atoms with Gasteiger partial charge < -0.3 is 15.0 Å². The number of methoxy groups -OCH3 is 1. The van der Waals surface area contributed by atoms with E-state index in [1.807, 2.05) is 12.3 Å². The fourth-order valence-corrected chi connectivity index (χ4v) is 2.12. The van der Waals surface area contributed by atoms with Crippen LogP contribution in [0.25, 0.3) is 0 Å². The lowest BCUT2D eigenvalue weighted by molar-refractivity contribution is 0.238. The topological polar surface area (TPSA) is 37.4 Å². The Hall–Kier alpha value is -0.550. The van der Waals surface area contributed by atoms with E-state index in [1.165, 1.54) is 31.6 Å². The van der Waals surface area contributed by atoms with E-state index in [9.17, 15) is 0 Å². The molecule has 0 bridgehead atoms. The number of ether oxygens (including phenoxy) is 1. The molecule has 0 atom stereocenters. The fourth-order valence-electron chi connectivity index (χ4n) is 2.12. The molecule has 1 N–H and O–H groups in total. The predicted molar refractivity (Wildman–Crippen MR) is 82.9 cm³/mol. The number of nitrogens with one attached hydrogen (secondary N) is 1. The van der Waals surface area contributed by atoms with E-state index < -0.39 is 0 Å². The summed E-state index contributed by atoms with van der Waals surface area (Å²) in [6.45, 7) is 5.81. The Morgan fingerprint density at radius 3 is 2.58 bits per heavy atom. The van der Waals surface area contributed by atoms with E-state index in [2.05, 4.69) is 21.3 Å². The molecule has 1 aliphatic heterocycles. The number of halogens is 2. The lowest BCUT2D eigenvalue weighted by Crippen LogP contribution is -2.43. The van der Waals surface area contributed by atoms with Crippen molar-refractivity contribution in [1.29, 1.82) is 0 Å². The van der Waals surface area contributed by atoms with Gasteiger partial charge in [0.25, 0.3) is 0 Å². The van der Waals surface area contributed by atoms with Crippen LogP contribution in [0.1, 0.15) is 12.0 Å². The highest BCUT2D eigenvalue weighted by molar-refractivity contribution is 5.85. The van der Waals surface area contributed by atoms with Crippen molar-refractivity contribution in [2.24, 2.45) is 0 Å². The zero-order chi connectivity index (χ0) is 11.9. The van der Waals surface area contributed by atoms with Gasteiger partial charge in [0.1, 0.15) is 0 Å². The number of hydrogen-bond acceptors (Lipinski definition) is 4. The van der Waals surface area contributed by atoms with Crippen molar-refractivity contribution < 1.29 is 4.74 Å². The number of piperazine rings is 1. The first-order valence-electron chi connectivity index (χ1n) is 6.30. The molecule has 6 heteroatoms. The average Bonchev–Trinajstić information content (AvgIpc) is 2.41. The Kier molecular flexibility index (Phi) is 9.97. The summed E-state index contributed by atoms with van der Waals surface area (Å²) in [4.78, 5) is 6.74. The monoisotopic (exact) mass is 307 g/mol. The van der Waals surface area contributed by atoms with E-state index in [4.69, 9.17) is 4.74 Å². The number of aromatic nitrogens is 1. The molecule has 0 unspecified atom stereocenters. The van der Waals surface area contributed by atoms with E-state index in [0.717, 1.165) is 19.5 Å². The standard InChI is InChI=1S/C13H21N3O.2ClH/c1-17-13-5-4-12(11-15-13)3-2-8-16-9-6-14-7-10-16;;/h4-5,11,14H,2-3,6-10H2,1H3;2*1H. The smallest absolute Gasteiger partial charge is 0.212 e. The summed E-state index contributed by atoms with van der Waals surface area (Å²) in [6.07, 6.45) is 4.21. The largest absolute Gasteiger partial charge is 0.481 e. The highest BCUT2D eigenvalue weighted by atomic mass is 35.5. The average molecular weight is 308 g/mol. The van der Waals surface area contributed by atoms with Crippen LogP contribution in [0.2, 0.25) is 0 Å². The second-order valence-corrected chi connectivity index (χ2v) is 4.40. The molecule has 0 radical (unpaired) electrons. The number of rotatable bonds is 5. The van der Waals surface area contributed by atoms with Crippen molar-refractivity contribution >= 4 is 24.8 Å². The van der Waals surface area contributed by atoms with Crippen molar-refractivity contribution in [3.63, 3.8) is 0 Å². The van der Waals surface area contributed by atoms with Crippen molar-refractivity contribution in [1.82, 2.24) is 15.2 Å². The maximum absolute atomic E-state index is 5.04. The summed E-state index contributed by atoms with van der Waals surface area (Å²) < 4.78 is 5.04. The Morgan fingerprint density at radius 2 is 2.00 bits per heavy atom. The normalized spacial score (nSPS) is 15.2. The zero-order valence-electron chi connectivity index (χ0n) is 11.3. The van der Waals surface area contributed by atoms with Gasteiger partial charge in [-0.1, -0.05) is 6.07 Å². The molecule has 2 heterocycles. The molecule has 4 nitrogen and oxygen atoms in total. The third-order valence-electron chi connectivity index (χ3n) is 3.16. The molecule has 0 aromatic carbocycles. The fraction of sp³-hybridized carbons (Fsp3) is 0.615. The van der Waals surface area contributed by atoms with Crippen LogP contribution < -0.4 is 10.1 Å². The van der Waals surface area contributed by atoms with E-state index in [0.29, 0.717) is 5.88 Å². The van der Waals surface area contributed by atoms with Crippen LogP contribution in [-0.4, -0.2) is 49.7 Å². The number of hydrogen-bond donors (Lipinski definition) is 1. The minimum Gasteiger partial charge on any atom is -0.481 e. The van der Waals surface area contributed by atoms with Gasteiger partial charge >= 0.3 is 0 Å². The predicted octanol–water partition coefficient (Wildman–Crippen LogP) is 1.77. The molecule has 1 fully saturated rings. The van der Waals surface area contributed by atoms with Gasteiger partial charge in [0, 0.05) is 38.4 Å². The highest BCUT2D eigenvalue weighted by Gasteiger charge is 2.08. The van der Waals surface area contributed by atoms with Crippen LogP contribution in [0, 0.1) is 0 Å². The van der Waals surface area contributed by atoms with Gasteiger partial charge in [-0.3, -0.25) is 0 Å². The van der Waals surface area contributed by atoms with Crippen LogP contribution in [0.5, 0.6) is 5.88 Å². The Balaban J connectivity index is 0.00000162. The molecular weight excluding hydrogens is 285 g/mol. The minimum absolute atomic E-state index is 0. The lowest BCUT2D eigenvalue weighted by Gasteiger charge is -2.27. The molecule has 1 saturated heterocycles. The maximum atomic E-state index is 5.04. The van der Waals surface area contributed by atoms with Crippen LogP contribution in [0.15, 0.2) is 18.3 Å². The van der Waals surface area contributed by atoms with E-state index in [-0.39, 0.29) is 24.8 Å². The first-order chi connectivity index (χ1) is 8.38. The summed E-state index contributed by atoms with van der Waals surface area (Å²) >= 11 is 0. The van der Waals surface area contributed by atoms with Gasteiger partial charge in [-0.05, 0) is 24.9 Å². The molecule has 110 valence electrons. The van der Waals surface area contributed by atoms with Crippen molar-refractivity contribution in [3.05, 3.63) is 23.9 Å². The van der Waals surface area contributed by atoms with Gasteiger partial charge in [0.15, 0.2) is 0 Å². The molecule has 2 rings (SSSR count). The first kappa shape index (κ1) is 18.4. The van der Waals surface area contributed by atoms with E-state index >= 15 is 0 Å². The van der Waals surface area contributed by atoms with Gasteiger partial charge in [0.05, 0.1) is 7.11 Å². The molecule has 0 amide bonds. The molecule has 0 aliphatic carbocycles. The maximum Gasteiger partial charge on any atom is 0.212 e. The van der Waals surface area contributed by atoms with Crippen molar-refractivity contribution in [3.8, 4) is 5.88 Å². The summed E-state index contributed by atoms with van der Waals surface area (Å²) in [5.74, 6) is 0.691. The lowest BCUT2D eigenvalue weighted by atomic mass is 10.1. The van der Waals surface area contributed by atoms with Crippen molar-refractivity contribution in [2.75, 3.05) is 39.8 Å². The Labute approximate surface area is 127 Å². The third-order valence-corrected chi connectivity index (χ3v) is 3.16. The summed E-state index contributed by atoms with van der Waals surface area (Å²) in [5.41, 5.74) is 1.29. The number of pyridine rings is 1. The third kappa shape index (κ3) is 6.43. The second kappa shape index (κ2) is 10.3. The Morgan fingerprint density at radius 1 is 1.26 bits per heavy atom. The molecule has 1 aromatic rings. The van der Waals surface area contributed by atoms with Crippen LogP contribution >= 0.6 is 24.8 Å². The van der Waals surface area contributed by atoms with Crippen LogP contribution in [-0.2, 0) is 6.42 Å². The SMILES string of the molecule is COc1ccc(CCCN2CCNCC2)cn1.Cl.Cl. The van der Waals surface area contributed by atoms with Gasteiger partial charge in [-0.25, -0.2) is 4.98 Å². The van der Waals surface area contributed by atoms with Crippen molar-refractivity contribution in [2.45, 2.75) is 12.8 Å². The minimum atomic E-state index is 0. The summed E-state index contributed by atoms with van der Waals surface area (Å²) in [5, 5.41) is 3.37. The molecule has 19 heavy (non-hydrogen) atoms. The molecule has 0 saturated carbocycles. The van der Waals surface area contributed by atoms with Crippen LogP contribution in [0.3, 0.4) is 0 Å². The van der Waals surface area contributed by atoms with E-state index in [1.54, 1.807) is 7.11 Å². The molecule has 1 aliphatic rings. The van der Waals surface area contributed by atoms with Gasteiger partial charge in [-0.15, -0.1) is 24.8 Å². The van der Waals surface area contributed by atoms with Gasteiger partial charge in [-0.2, -0.15) is 0 Å². The number of aryl methyl sites for hydroxylation is 1. The second-order valence-electron chi connectivity index (χ2n) is 4.40. The first-order valence-corrected chi connectivity index (χ1v) is 6.30. The molecular formula is C13H23Cl2N3O. The van der Waals surface area contributed by atoms with Gasteiger partial charge in [0.2, 0.25) is 5.88 Å². The quantitative estimate of drug-likeness (QED) is 0.900. The summed E-state index contributed by atoms with van der Waals surface area (Å²) in [7, 11) is 1.65.